The maximum absolute atomic E-state index is 12.9. The molecule has 0 bridgehead atoms. The minimum absolute atomic E-state index is 0.0420. The van der Waals surface area contributed by atoms with Crippen molar-refractivity contribution in [3.05, 3.63) is 83.9 Å². The molecule has 0 radical (unpaired) electrons. The lowest BCUT2D eigenvalue weighted by Crippen LogP contribution is -2.51. The number of carboxylic acid groups (broad SMARTS) is 1. The number of hydrogen-bond acceptors (Lipinski definition) is 12. The number of methoxy groups -OCH3 is 2. The van der Waals surface area contributed by atoms with Gasteiger partial charge in [0.2, 0.25) is 11.8 Å². The van der Waals surface area contributed by atoms with Crippen LogP contribution in [0, 0.1) is 0 Å². The number of nitrogens with one attached hydrogen (secondary N) is 2. The summed E-state index contributed by atoms with van der Waals surface area (Å²) in [5.74, 6) is -7.26. The van der Waals surface area contributed by atoms with Crippen LogP contribution in [0.25, 0.3) is 12.2 Å². The van der Waals surface area contributed by atoms with Crippen LogP contribution in [0.4, 0.5) is 0 Å². The van der Waals surface area contributed by atoms with Crippen LogP contribution in [0.2, 0.25) is 0 Å². The van der Waals surface area contributed by atoms with E-state index in [0.29, 0.717) is 10.1 Å². The zero-order chi connectivity index (χ0) is 40.8. The highest BCUT2D eigenvalue weighted by Gasteiger charge is 2.42. The molecular weight excluding hydrogens is 720 g/mol. The van der Waals surface area contributed by atoms with E-state index in [1.807, 2.05) is 12.1 Å². The van der Waals surface area contributed by atoms with Crippen LogP contribution in [0.1, 0.15) is 62.5 Å². The second kappa shape index (κ2) is 23.7. The Morgan fingerprint density at radius 1 is 0.655 bits per heavy atom. The van der Waals surface area contributed by atoms with Crippen LogP contribution >= 0.6 is 0 Å². The summed E-state index contributed by atoms with van der Waals surface area (Å²) in [4.78, 5) is 86.9. The van der Waals surface area contributed by atoms with Crippen molar-refractivity contribution in [3.8, 4) is 0 Å². The molecule has 0 aromatic heterocycles. The maximum atomic E-state index is 12.9. The van der Waals surface area contributed by atoms with Gasteiger partial charge in [-0.2, -0.15) is 0 Å². The summed E-state index contributed by atoms with van der Waals surface area (Å²) in [6.07, 6.45) is 3.85. The first-order valence-electron chi connectivity index (χ1n) is 17.4. The third-order valence-electron chi connectivity index (χ3n) is 8.12. The smallest absolute Gasteiger partial charge is 0.336 e. The molecule has 55 heavy (non-hydrogen) atoms. The number of hydrogen-bond donors (Lipinski definition) is 6. The van der Waals surface area contributed by atoms with E-state index < -0.39 is 72.1 Å². The molecule has 0 aliphatic heterocycles. The van der Waals surface area contributed by atoms with Gasteiger partial charge in [0.25, 0.3) is 11.8 Å². The Morgan fingerprint density at radius 3 is 1.35 bits per heavy atom. The molecule has 2 rings (SSSR count). The van der Waals surface area contributed by atoms with Crippen molar-refractivity contribution in [2.45, 2.75) is 69.1 Å². The van der Waals surface area contributed by atoms with Crippen LogP contribution in [0.3, 0.4) is 0 Å². The quantitative estimate of drug-likeness (QED) is 0.0312. The van der Waals surface area contributed by atoms with Crippen LogP contribution < -0.4 is 10.6 Å². The van der Waals surface area contributed by atoms with Gasteiger partial charge in [0, 0.05) is 25.2 Å². The van der Waals surface area contributed by atoms with Gasteiger partial charge < -0.3 is 30.3 Å². The third-order valence-corrected chi connectivity index (χ3v) is 8.12. The summed E-state index contributed by atoms with van der Waals surface area (Å²) >= 11 is 0. The zero-order valence-corrected chi connectivity index (χ0v) is 30.7. The Bertz CT molecular complexity index is 1540. The number of benzene rings is 2. The van der Waals surface area contributed by atoms with E-state index in [9.17, 15) is 54.2 Å². The lowest BCUT2D eigenvalue weighted by molar-refractivity contribution is -0.165. The average molecular weight is 769 g/mol. The maximum Gasteiger partial charge on any atom is 0.336 e. The molecule has 2 aromatic rings. The molecule has 0 aliphatic rings. The van der Waals surface area contributed by atoms with Gasteiger partial charge in [-0.3, -0.25) is 29.6 Å². The number of nitrogens with zero attached hydrogens (tertiary/aromatic N) is 2. The first kappa shape index (κ1) is 45.2. The topological polar surface area (TPSA) is 249 Å². The molecule has 17 heteroatoms. The molecule has 0 saturated carbocycles. The molecule has 2 atom stereocenters. The minimum Gasteiger partial charge on any atom is -0.479 e. The zero-order valence-electron chi connectivity index (χ0n) is 30.7. The second-order valence-corrected chi connectivity index (χ2v) is 12.4. The van der Waals surface area contributed by atoms with Gasteiger partial charge >= 0.3 is 17.9 Å². The number of esters is 2. The molecular formula is C38H48N4O13. The van der Waals surface area contributed by atoms with Gasteiger partial charge in [0.05, 0.1) is 27.1 Å². The van der Waals surface area contributed by atoms with Crippen molar-refractivity contribution in [3.63, 3.8) is 0 Å². The summed E-state index contributed by atoms with van der Waals surface area (Å²) in [7, 11) is 2.13. The molecule has 2 unspecified atom stereocenters. The molecule has 0 fully saturated rings. The predicted octanol–water partition coefficient (Wildman–Crippen LogP) is 2.10. The van der Waals surface area contributed by atoms with Crippen molar-refractivity contribution in [2.75, 3.05) is 27.3 Å². The van der Waals surface area contributed by atoms with Crippen molar-refractivity contribution in [2.24, 2.45) is 0 Å². The number of aliphatic hydroxyl groups is 1. The van der Waals surface area contributed by atoms with Gasteiger partial charge in [0.1, 0.15) is 12.1 Å². The minimum atomic E-state index is -2.95. The fourth-order valence-corrected chi connectivity index (χ4v) is 5.09. The Labute approximate surface area is 318 Å². The number of carboxylic acids is 1. The fraction of sp³-hybridized carbons (Fsp3) is 0.395. The monoisotopic (exact) mass is 768 g/mol. The highest BCUT2D eigenvalue weighted by atomic mass is 16.5. The molecule has 2 aromatic carbocycles. The van der Waals surface area contributed by atoms with Crippen molar-refractivity contribution < 1.29 is 63.7 Å². The van der Waals surface area contributed by atoms with Crippen molar-refractivity contribution >= 4 is 53.7 Å². The van der Waals surface area contributed by atoms with E-state index in [0.717, 1.165) is 25.3 Å². The van der Waals surface area contributed by atoms with Crippen LogP contribution in [-0.2, 0) is 43.0 Å². The number of aliphatic carboxylic acids is 1. The molecule has 0 spiro atoms. The molecule has 6 N–H and O–H groups in total. The molecule has 298 valence electrons. The Morgan fingerprint density at radius 2 is 1.02 bits per heavy atom. The molecule has 0 aliphatic carbocycles. The van der Waals surface area contributed by atoms with Crippen LogP contribution in [0.5, 0.6) is 0 Å². The van der Waals surface area contributed by atoms with E-state index in [-0.39, 0.29) is 51.6 Å². The van der Waals surface area contributed by atoms with Crippen LogP contribution in [-0.4, -0.2) is 117 Å². The Hall–Kier alpha value is -5.91. The number of carbonyl (C=O) groups is 7. The predicted molar refractivity (Wildman–Crippen MR) is 195 cm³/mol. The first-order chi connectivity index (χ1) is 26.2. The highest BCUT2D eigenvalue weighted by molar-refractivity contribution is 5.94. The van der Waals surface area contributed by atoms with Crippen molar-refractivity contribution in [1.29, 1.82) is 0 Å². The third kappa shape index (κ3) is 16.8. The van der Waals surface area contributed by atoms with Gasteiger partial charge in [-0.1, -0.05) is 60.7 Å². The molecule has 0 heterocycles. The lowest BCUT2D eigenvalue weighted by Gasteiger charge is -2.25. The number of ether oxygens (including phenoxy) is 2. The van der Waals surface area contributed by atoms with Gasteiger partial charge in [0.15, 0.2) is 5.60 Å². The molecule has 0 saturated heterocycles. The molecule has 4 amide bonds. The van der Waals surface area contributed by atoms with Crippen LogP contribution in [0.15, 0.2) is 72.8 Å². The molecule has 17 nitrogen and oxygen atoms in total. The fourth-order valence-electron chi connectivity index (χ4n) is 5.09. The van der Waals surface area contributed by atoms with E-state index in [2.05, 4.69) is 10.6 Å². The summed E-state index contributed by atoms with van der Waals surface area (Å²) in [5, 5.41) is 46.3. The number of rotatable bonds is 23. The summed E-state index contributed by atoms with van der Waals surface area (Å²) in [6, 6.07) is 15.3. The van der Waals surface area contributed by atoms with Crippen molar-refractivity contribution in [1.82, 2.24) is 20.8 Å². The first-order valence-corrected chi connectivity index (χ1v) is 17.4. The number of carbonyl (C=O) groups excluding carboxylic acids is 6. The Balaban J connectivity index is 1.89. The van der Waals surface area contributed by atoms with E-state index in [4.69, 9.17) is 9.47 Å². The average Bonchev–Trinajstić information content (AvgIpc) is 3.17. The summed E-state index contributed by atoms with van der Waals surface area (Å²) in [5.41, 5.74) is -1.45. The van der Waals surface area contributed by atoms with E-state index in [1.54, 1.807) is 48.5 Å². The largest absolute Gasteiger partial charge is 0.479 e. The van der Waals surface area contributed by atoms with Gasteiger partial charge in [-0.15, -0.1) is 0 Å². The number of unbranched alkanes of at least 4 members (excludes halogenated alkanes) is 2. The second-order valence-electron chi connectivity index (χ2n) is 12.4. The summed E-state index contributed by atoms with van der Waals surface area (Å²) < 4.78 is 9.43. The SMILES string of the molecule is COC(=O)C(CCCCN(O)C(=O)/C=C/c1ccccc1)NC(=O)CC(O)(CC(=O)NC(CCCCN(O)C(=O)/C=C/c1ccccc1)C(=O)OC)C(=O)O. The number of hydroxylamine groups is 4. The van der Waals surface area contributed by atoms with E-state index >= 15 is 0 Å². The number of amides is 4. The van der Waals surface area contributed by atoms with E-state index in [1.165, 1.54) is 24.3 Å². The van der Waals surface area contributed by atoms with Gasteiger partial charge in [-0.05, 0) is 61.8 Å². The standard InChI is InChI=1S/C38H48N4O13/c1-54-35(47)29(17-9-11-23-41(52)33(45)21-19-27-13-5-3-6-14-27)39-31(43)25-38(51,37(49)50)26-32(44)40-30(36(48)55-2)18-10-12-24-42(53)34(46)22-20-28-15-7-4-8-16-28/h3-8,13-16,19-22,29-30,51-53H,9-12,17-18,23-26H2,1-2H3,(H,39,43)(H,40,44)(H,49,50)/b21-19+,22-20+. The van der Waals surface area contributed by atoms with Gasteiger partial charge in [-0.25, -0.2) is 24.5 Å². The summed E-state index contributed by atoms with van der Waals surface area (Å²) in [6.45, 7) is -0.209. The Kier molecular flexibility index (Phi) is 19.5. The highest BCUT2D eigenvalue weighted by Crippen LogP contribution is 2.18. The lowest BCUT2D eigenvalue weighted by atomic mass is 9.94. The normalized spacial score (nSPS) is 13.3.